The third-order valence-corrected chi connectivity index (χ3v) is 3.71. The van der Waals surface area contributed by atoms with Gasteiger partial charge in [0, 0.05) is 11.2 Å². The van der Waals surface area contributed by atoms with Crippen molar-refractivity contribution in [3.05, 3.63) is 65.7 Å². The summed E-state index contributed by atoms with van der Waals surface area (Å²) in [7, 11) is 0. The van der Waals surface area contributed by atoms with E-state index >= 15 is 0 Å². The second kappa shape index (κ2) is 6.60. The zero-order chi connectivity index (χ0) is 12.8. The molecular formula is C16H17BrO. The summed E-state index contributed by atoms with van der Waals surface area (Å²) in [5, 5.41) is 0.906. The van der Waals surface area contributed by atoms with Crippen molar-refractivity contribution in [2.24, 2.45) is 0 Å². The Hall–Kier alpha value is -1.28. The molecule has 0 aliphatic heterocycles. The number of hydrogen-bond donors (Lipinski definition) is 0. The van der Waals surface area contributed by atoms with Crippen LogP contribution in [0, 0.1) is 6.92 Å². The first-order valence-corrected chi connectivity index (χ1v) is 7.22. The van der Waals surface area contributed by atoms with Gasteiger partial charge in [0.2, 0.25) is 0 Å². The van der Waals surface area contributed by atoms with Gasteiger partial charge >= 0.3 is 0 Å². The van der Waals surface area contributed by atoms with Crippen molar-refractivity contribution in [3.63, 3.8) is 0 Å². The lowest BCUT2D eigenvalue weighted by molar-refractivity contribution is 0.298. The van der Waals surface area contributed by atoms with E-state index in [1.165, 1.54) is 11.1 Å². The molecule has 0 heterocycles. The van der Waals surface area contributed by atoms with E-state index in [0.29, 0.717) is 12.5 Å². The van der Waals surface area contributed by atoms with E-state index in [2.05, 4.69) is 59.3 Å². The molecule has 1 unspecified atom stereocenters. The van der Waals surface area contributed by atoms with Crippen LogP contribution in [0.15, 0.2) is 54.6 Å². The van der Waals surface area contributed by atoms with Gasteiger partial charge in [0.1, 0.15) is 5.75 Å². The minimum Gasteiger partial charge on any atom is -0.493 e. The monoisotopic (exact) mass is 304 g/mol. The number of alkyl halides is 1. The van der Waals surface area contributed by atoms with Gasteiger partial charge in [-0.3, -0.25) is 0 Å². The molecule has 2 rings (SSSR count). The lowest BCUT2D eigenvalue weighted by Gasteiger charge is -2.15. The minimum absolute atomic E-state index is 0.382. The van der Waals surface area contributed by atoms with Gasteiger partial charge in [0.05, 0.1) is 6.61 Å². The van der Waals surface area contributed by atoms with Gasteiger partial charge in [0.25, 0.3) is 0 Å². The standard InChI is InChI=1S/C16H17BrO/c1-13-7-9-16(10-8-13)18-12-15(11-17)14-5-3-2-4-6-14/h2-10,15H,11-12H2,1H3. The first-order valence-electron chi connectivity index (χ1n) is 6.10. The smallest absolute Gasteiger partial charge is 0.119 e. The van der Waals surface area contributed by atoms with Crippen molar-refractivity contribution in [3.8, 4) is 5.75 Å². The molecule has 0 N–H and O–H groups in total. The Morgan fingerprint density at radius 1 is 1.00 bits per heavy atom. The SMILES string of the molecule is Cc1ccc(OCC(CBr)c2ccccc2)cc1. The van der Waals surface area contributed by atoms with Crippen molar-refractivity contribution in [2.75, 3.05) is 11.9 Å². The van der Waals surface area contributed by atoms with E-state index in [1.807, 2.05) is 18.2 Å². The number of halogens is 1. The van der Waals surface area contributed by atoms with Gasteiger partial charge in [-0.15, -0.1) is 0 Å². The molecule has 0 saturated carbocycles. The molecule has 2 aromatic carbocycles. The van der Waals surface area contributed by atoms with Crippen molar-refractivity contribution in [2.45, 2.75) is 12.8 Å². The van der Waals surface area contributed by atoms with Crippen LogP contribution >= 0.6 is 15.9 Å². The first-order chi connectivity index (χ1) is 8.79. The van der Waals surface area contributed by atoms with Crippen LogP contribution < -0.4 is 4.74 Å². The third-order valence-electron chi connectivity index (χ3n) is 2.93. The van der Waals surface area contributed by atoms with Gasteiger partial charge in [-0.25, -0.2) is 0 Å². The Morgan fingerprint density at radius 2 is 1.67 bits per heavy atom. The fourth-order valence-electron chi connectivity index (χ4n) is 1.79. The number of hydrogen-bond acceptors (Lipinski definition) is 1. The van der Waals surface area contributed by atoms with Crippen LogP contribution in [-0.4, -0.2) is 11.9 Å². The van der Waals surface area contributed by atoms with Crippen molar-refractivity contribution in [1.82, 2.24) is 0 Å². The van der Waals surface area contributed by atoms with E-state index in [1.54, 1.807) is 0 Å². The lowest BCUT2D eigenvalue weighted by Crippen LogP contribution is -2.11. The highest BCUT2D eigenvalue weighted by molar-refractivity contribution is 9.09. The maximum Gasteiger partial charge on any atom is 0.119 e. The van der Waals surface area contributed by atoms with Gasteiger partial charge in [-0.05, 0) is 24.6 Å². The fraction of sp³-hybridized carbons (Fsp3) is 0.250. The van der Waals surface area contributed by atoms with E-state index in [9.17, 15) is 0 Å². The number of aryl methyl sites for hydroxylation is 1. The molecule has 0 spiro atoms. The summed E-state index contributed by atoms with van der Waals surface area (Å²) in [5.74, 6) is 1.31. The third kappa shape index (κ3) is 3.61. The molecule has 1 atom stereocenters. The quantitative estimate of drug-likeness (QED) is 0.736. The maximum atomic E-state index is 5.84. The molecule has 0 saturated heterocycles. The van der Waals surface area contributed by atoms with Crippen LogP contribution in [0.4, 0.5) is 0 Å². The molecule has 1 nitrogen and oxygen atoms in total. The Morgan fingerprint density at radius 3 is 2.28 bits per heavy atom. The van der Waals surface area contributed by atoms with E-state index in [0.717, 1.165) is 11.1 Å². The van der Waals surface area contributed by atoms with Gasteiger partial charge in [-0.1, -0.05) is 64.0 Å². The highest BCUT2D eigenvalue weighted by Gasteiger charge is 2.10. The average molecular weight is 305 g/mol. The number of ether oxygens (including phenoxy) is 1. The van der Waals surface area contributed by atoms with Gasteiger partial charge in [-0.2, -0.15) is 0 Å². The molecule has 0 fully saturated rings. The van der Waals surface area contributed by atoms with Gasteiger partial charge < -0.3 is 4.74 Å². The van der Waals surface area contributed by atoms with Crippen LogP contribution in [0.25, 0.3) is 0 Å². The number of benzene rings is 2. The van der Waals surface area contributed by atoms with Crippen LogP contribution in [0.5, 0.6) is 5.75 Å². The maximum absolute atomic E-state index is 5.84. The van der Waals surface area contributed by atoms with Crippen LogP contribution in [0.3, 0.4) is 0 Å². The van der Waals surface area contributed by atoms with Crippen LogP contribution in [0.1, 0.15) is 17.0 Å². The molecule has 0 amide bonds. The molecular weight excluding hydrogens is 288 g/mol. The molecule has 0 bridgehead atoms. The Balaban J connectivity index is 1.97. The second-order valence-corrected chi connectivity index (χ2v) is 5.03. The summed E-state index contributed by atoms with van der Waals surface area (Å²) < 4.78 is 5.84. The minimum atomic E-state index is 0.382. The summed E-state index contributed by atoms with van der Waals surface area (Å²) in [6, 6.07) is 18.6. The van der Waals surface area contributed by atoms with Crippen LogP contribution in [0.2, 0.25) is 0 Å². The molecule has 2 aromatic rings. The average Bonchev–Trinajstić information content (AvgIpc) is 2.43. The van der Waals surface area contributed by atoms with E-state index < -0.39 is 0 Å². The first kappa shape index (κ1) is 13.2. The Kier molecular flexibility index (Phi) is 4.82. The van der Waals surface area contributed by atoms with Crippen molar-refractivity contribution in [1.29, 1.82) is 0 Å². The largest absolute Gasteiger partial charge is 0.493 e. The normalized spacial score (nSPS) is 12.1. The predicted octanol–water partition coefficient (Wildman–Crippen LogP) is 4.55. The molecule has 18 heavy (non-hydrogen) atoms. The highest BCUT2D eigenvalue weighted by atomic mass is 79.9. The molecule has 0 aliphatic rings. The Labute approximate surface area is 117 Å². The number of rotatable bonds is 5. The summed E-state index contributed by atoms with van der Waals surface area (Å²) in [4.78, 5) is 0. The van der Waals surface area contributed by atoms with Gasteiger partial charge in [0.15, 0.2) is 0 Å². The van der Waals surface area contributed by atoms with Crippen molar-refractivity contribution < 1.29 is 4.74 Å². The molecule has 0 aromatic heterocycles. The topological polar surface area (TPSA) is 9.23 Å². The van der Waals surface area contributed by atoms with E-state index in [-0.39, 0.29) is 0 Å². The summed E-state index contributed by atoms with van der Waals surface area (Å²) >= 11 is 3.56. The summed E-state index contributed by atoms with van der Waals surface area (Å²) in [6.45, 7) is 2.77. The highest BCUT2D eigenvalue weighted by Crippen LogP contribution is 2.20. The van der Waals surface area contributed by atoms with Crippen LogP contribution in [-0.2, 0) is 0 Å². The second-order valence-electron chi connectivity index (χ2n) is 4.39. The zero-order valence-electron chi connectivity index (χ0n) is 10.5. The fourth-order valence-corrected chi connectivity index (χ4v) is 2.35. The molecule has 0 radical (unpaired) electrons. The molecule has 94 valence electrons. The summed E-state index contributed by atoms with van der Waals surface area (Å²) in [5.41, 5.74) is 2.56. The lowest BCUT2D eigenvalue weighted by atomic mass is 10.0. The van der Waals surface area contributed by atoms with Crippen molar-refractivity contribution >= 4 is 15.9 Å². The Bertz CT molecular complexity index is 464. The molecule has 0 aliphatic carbocycles. The molecule has 2 heteroatoms. The zero-order valence-corrected chi connectivity index (χ0v) is 12.1. The summed E-state index contributed by atoms with van der Waals surface area (Å²) in [6.07, 6.45) is 0. The van der Waals surface area contributed by atoms with E-state index in [4.69, 9.17) is 4.74 Å². The predicted molar refractivity (Wildman–Crippen MR) is 79.7 cm³/mol.